The topological polar surface area (TPSA) is 114 Å². The standard InChI is InChI=1S/C20H20N4O4/c1-4-14-5-8-16(9-6-14)23-12(2)11-15(13(23)3)7-10-17-21-19(25)18(24(27)28)20(26)22-17/h5-11H,4H2,1-3H3,(H2,21,22,25,26)/b10-7+. The van der Waals surface area contributed by atoms with Crippen molar-refractivity contribution < 1.29 is 10.0 Å². The van der Waals surface area contributed by atoms with Crippen LogP contribution in [-0.2, 0) is 6.42 Å². The van der Waals surface area contributed by atoms with E-state index in [4.69, 9.17) is 0 Å². The van der Waals surface area contributed by atoms with Gasteiger partial charge in [0.25, 0.3) is 5.88 Å². The highest BCUT2D eigenvalue weighted by molar-refractivity contribution is 5.69. The first kappa shape index (κ1) is 19.1. The zero-order chi connectivity index (χ0) is 20.4. The second kappa shape index (κ2) is 7.51. The van der Waals surface area contributed by atoms with Gasteiger partial charge in [-0.25, -0.2) is 0 Å². The number of aromatic hydroxyl groups is 1. The summed E-state index contributed by atoms with van der Waals surface area (Å²) in [5, 5.41) is 20.4. The quantitative estimate of drug-likeness (QED) is 0.519. The van der Waals surface area contributed by atoms with Crippen LogP contribution < -0.4 is 5.56 Å². The molecular formula is C20H20N4O4. The summed E-state index contributed by atoms with van der Waals surface area (Å²) < 4.78 is 2.11. The highest BCUT2D eigenvalue weighted by Gasteiger charge is 2.21. The van der Waals surface area contributed by atoms with E-state index < -0.39 is 22.0 Å². The van der Waals surface area contributed by atoms with E-state index in [1.54, 1.807) is 6.08 Å². The fourth-order valence-electron chi connectivity index (χ4n) is 3.12. The van der Waals surface area contributed by atoms with Crippen LogP contribution in [0.15, 0.2) is 35.1 Å². The molecule has 0 spiro atoms. The molecule has 0 fully saturated rings. The molecule has 0 aliphatic carbocycles. The fraction of sp³-hybridized carbons (Fsp3) is 0.200. The summed E-state index contributed by atoms with van der Waals surface area (Å²) in [6.07, 6.45) is 4.21. The van der Waals surface area contributed by atoms with Gasteiger partial charge in [0.05, 0.1) is 4.92 Å². The van der Waals surface area contributed by atoms with Gasteiger partial charge in [0, 0.05) is 17.1 Å². The normalized spacial score (nSPS) is 11.2. The van der Waals surface area contributed by atoms with Crippen LogP contribution in [0.25, 0.3) is 17.8 Å². The van der Waals surface area contributed by atoms with E-state index in [2.05, 4.69) is 45.7 Å². The van der Waals surface area contributed by atoms with Crippen LogP contribution in [-0.4, -0.2) is 24.6 Å². The molecule has 144 valence electrons. The molecule has 2 aromatic heterocycles. The number of aryl methyl sites for hydroxylation is 2. The van der Waals surface area contributed by atoms with Crippen molar-refractivity contribution in [1.82, 2.24) is 14.5 Å². The number of hydrogen-bond donors (Lipinski definition) is 2. The molecule has 0 aliphatic heterocycles. The van der Waals surface area contributed by atoms with E-state index >= 15 is 0 Å². The molecule has 0 saturated heterocycles. The van der Waals surface area contributed by atoms with E-state index in [9.17, 15) is 20.0 Å². The van der Waals surface area contributed by atoms with Crippen molar-refractivity contribution in [3.63, 3.8) is 0 Å². The van der Waals surface area contributed by atoms with Gasteiger partial charge in [-0.1, -0.05) is 19.1 Å². The molecule has 0 atom stereocenters. The minimum Gasteiger partial charge on any atom is -0.488 e. The number of H-pyrrole nitrogens is 1. The molecule has 0 aliphatic rings. The van der Waals surface area contributed by atoms with Crippen molar-refractivity contribution in [2.24, 2.45) is 0 Å². The Morgan fingerprint density at radius 1 is 1.25 bits per heavy atom. The molecule has 8 heteroatoms. The summed E-state index contributed by atoms with van der Waals surface area (Å²) in [4.78, 5) is 27.5. The number of hydrogen-bond acceptors (Lipinski definition) is 5. The lowest BCUT2D eigenvalue weighted by atomic mass is 10.1. The maximum Gasteiger partial charge on any atom is 0.395 e. The van der Waals surface area contributed by atoms with E-state index in [-0.39, 0.29) is 5.82 Å². The van der Waals surface area contributed by atoms with Gasteiger partial charge in [-0.2, -0.15) is 4.98 Å². The highest BCUT2D eigenvalue weighted by atomic mass is 16.6. The van der Waals surface area contributed by atoms with Gasteiger partial charge >= 0.3 is 11.2 Å². The molecule has 0 unspecified atom stereocenters. The molecule has 0 saturated carbocycles. The number of aromatic amines is 1. The Hall–Kier alpha value is -3.68. The molecule has 2 N–H and O–H groups in total. The lowest BCUT2D eigenvalue weighted by molar-refractivity contribution is -0.387. The number of aromatic nitrogens is 3. The Morgan fingerprint density at radius 2 is 1.93 bits per heavy atom. The van der Waals surface area contributed by atoms with Gasteiger partial charge in [-0.05, 0) is 61.7 Å². The molecular weight excluding hydrogens is 360 g/mol. The van der Waals surface area contributed by atoms with Crippen molar-refractivity contribution in [2.45, 2.75) is 27.2 Å². The number of rotatable bonds is 5. The van der Waals surface area contributed by atoms with Crippen LogP contribution in [0.5, 0.6) is 5.88 Å². The Kier molecular flexibility index (Phi) is 5.12. The van der Waals surface area contributed by atoms with Crippen molar-refractivity contribution in [2.75, 3.05) is 0 Å². The predicted molar refractivity (Wildman–Crippen MR) is 107 cm³/mol. The lowest BCUT2D eigenvalue weighted by Gasteiger charge is -2.10. The Balaban J connectivity index is 1.95. The second-order valence-electron chi connectivity index (χ2n) is 6.40. The van der Waals surface area contributed by atoms with Crippen molar-refractivity contribution in [3.05, 3.63) is 79.1 Å². The number of nitrogens with one attached hydrogen (secondary N) is 1. The van der Waals surface area contributed by atoms with Crippen LogP contribution in [0.3, 0.4) is 0 Å². The third kappa shape index (κ3) is 3.57. The van der Waals surface area contributed by atoms with Crippen molar-refractivity contribution >= 4 is 17.8 Å². The summed E-state index contributed by atoms with van der Waals surface area (Å²) in [6.45, 7) is 6.08. The predicted octanol–water partition coefficient (Wildman–Crippen LogP) is 3.52. The third-order valence-electron chi connectivity index (χ3n) is 4.57. The summed E-state index contributed by atoms with van der Waals surface area (Å²) in [7, 11) is 0. The second-order valence-corrected chi connectivity index (χ2v) is 6.40. The smallest absolute Gasteiger partial charge is 0.395 e. The molecule has 0 bridgehead atoms. The van der Waals surface area contributed by atoms with Crippen molar-refractivity contribution in [3.8, 4) is 11.6 Å². The van der Waals surface area contributed by atoms with Crippen LogP contribution in [0.1, 0.15) is 35.3 Å². The lowest BCUT2D eigenvalue weighted by Crippen LogP contribution is -2.14. The molecule has 3 aromatic rings. The van der Waals surface area contributed by atoms with Gasteiger partial charge in [0.2, 0.25) is 0 Å². The molecule has 2 heterocycles. The molecule has 0 radical (unpaired) electrons. The Bertz CT molecular complexity index is 1120. The first-order valence-corrected chi connectivity index (χ1v) is 8.75. The van der Waals surface area contributed by atoms with Gasteiger partial charge in [-0.15, -0.1) is 0 Å². The summed E-state index contributed by atoms with van der Waals surface area (Å²) >= 11 is 0. The number of nitro groups is 1. The average Bonchev–Trinajstić information content (AvgIpc) is 2.93. The zero-order valence-corrected chi connectivity index (χ0v) is 15.8. The largest absolute Gasteiger partial charge is 0.488 e. The third-order valence-corrected chi connectivity index (χ3v) is 4.57. The summed E-state index contributed by atoms with van der Waals surface area (Å²) in [6, 6.07) is 10.3. The van der Waals surface area contributed by atoms with Gasteiger partial charge in [-0.3, -0.25) is 14.9 Å². The van der Waals surface area contributed by atoms with E-state index in [1.165, 1.54) is 11.6 Å². The zero-order valence-electron chi connectivity index (χ0n) is 15.8. The van der Waals surface area contributed by atoms with E-state index in [1.807, 2.05) is 19.9 Å². The molecule has 8 nitrogen and oxygen atoms in total. The Morgan fingerprint density at radius 3 is 2.50 bits per heavy atom. The Labute approximate surface area is 161 Å². The first-order chi connectivity index (χ1) is 13.3. The van der Waals surface area contributed by atoms with Crippen molar-refractivity contribution in [1.29, 1.82) is 0 Å². The van der Waals surface area contributed by atoms with Crippen LogP contribution in [0, 0.1) is 24.0 Å². The summed E-state index contributed by atoms with van der Waals surface area (Å²) in [5.41, 5.74) is 3.27. The van der Waals surface area contributed by atoms with Gasteiger partial charge in [0.1, 0.15) is 5.82 Å². The molecule has 0 amide bonds. The van der Waals surface area contributed by atoms with Crippen LogP contribution >= 0.6 is 0 Å². The SMILES string of the molecule is CCc1ccc(-n2c(C)cc(/C=C/c3nc(O)c([N+](=O)[O-])c(=O)[nH]3)c2C)cc1. The first-order valence-electron chi connectivity index (χ1n) is 8.75. The van der Waals surface area contributed by atoms with E-state index in [0.717, 1.165) is 29.1 Å². The summed E-state index contributed by atoms with van der Waals surface area (Å²) in [5.74, 6) is -0.875. The van der Waals surface area contributed by atoms with Crippen LogP contribution in [0.2, 0.25) is 0 Å². The fourth-order valence-corrected chi connectivity index (χ4v) is 3.12. The highest BCUT2D eigenvalue weighted by Crippen LogP contribution is 2.23. The number of benzene rings is 1. The minimum absolute atomic E-state index is 0.0326. The number of nitrogens with zero attached hydrogens (tertiary/aromatic N) is 3. The maximum atomic E-state index is 11.7. The molecule has 3 rings (SSSR count). The van der Waals surface area contributed by atoms with E-state index in [0.29, 0.717) is 0 Å². The maximum absolute atomic E-state index is 11.7. The average molecular weight is 380 g/mol. The van der Waals surface area contributed by atoms with Gasteiger partial charge < -0.3 is 14.7 Å². The van der Waals surface area contributed by atoms with Gasteiger partial charge in [0.15, 0.2) is 0 Å². The molecule has 1 aromatic carbocycles. The monoisotopic (exact) mass is 380 g/mol. The van der Waals surface area contributed by atoms with Crippen LogP contribution in [0.4, 0.5) is 5.69 Å². The molecule has 28 heavy (non-hydrogen) atoms. The minimum atomic E-state index is -1.00.